The van der Waals surface area contributed by atoms with Gasteiger partial charge < -0.3 is 30.7 Å². The van der Waals surface area contributed by atoms with Gasteiger partial charge in [0.2, 0.25) is 17.7 Å². The predicted octanol–water partition coefficient (Wildman–Crippen LogP) is 4.75. The molecular formula is C49H56FN7O8. The van der Waals surface area contributed by atoms with E-state index in [2.05, 4.69) is 37.7 Å². The van der Waals surface area contributed by atoms with Gasteiger partial charge >= 0.3 is 0 Å². The first-order valence-corrected chi connectivity index (χ1v) is 23.1. The molecule has 3 saturated heterocycles. The molecule has 2 saturated carbocycles. The van der Waals surface area contributed by atoms with Crippen molar-refractivity contribution in [2.45, 2.75) is 95.8 Å². The Bertz CT molecular complexity index is 2500. The summed E-state index contributed by atoms with van der Waals surface area (Å²) in [4.78, 5) is 83.6. The van der Waals surface area contributed by atoms with Gasteiger partial charge in [-0.1, -0.05) is 24.8 Å². The zero-order valence-corrected chi connectivity index (χ0v) is 36.9. The van der Waals surface area contributed by atoms with E-state index in [1.165, 1.54) is 20.0 Å². The summed E-state index contributed by atoms with van der Waals surface area (Å²) >= 11 is 0. The van der Waals surface area contributed by atoms with Crippen molar-refractivity contribution >= 4 is 51.9 Å². The first-order chi connectivity index (χ1) is 31.3. The highest BCUT2D eigenvalue weighted by Gasteiger charge is 2.48. The Labute approximate surface area is 377 Å². The van der Waals surface area contributed by atoms with Crippen LogP contribution in [0.15, 0.2) is 36.5 Å². The van der Waals surface area contributed by atoms with E-state index in [1.54, 1.807) is 30.5 Å². The molecule has 6 amide bonds. The average molecular weight is 890 g/mol. The van der Waals surface area contributed by atoms with Crippen molar-refractivity contribution in [2.75, 3.05) is 45.2 Å². The summed E-state index contributed by atoms with van der Waals surface area (Å²) < 4.78 is 26.0. The number of benzene rings is 2. The van der Waals surface area contributed by atoms with Crippen LogP contribution in [0, 0.1) is 40.9 Å². The van der Waals surface area contributed by atoms with Crippen LogP contribution in [0.5, 0.6) is 11.6 Å². The number of amides is 6. The van der Waals surface area contributed by atoms with Crippen molar-refractivity contribution < 1.29 is 42.6 Å². The van der Waals surface area contributed by atoms with Gasteiger partial charge in [0, 0.05) is 54.0 Å². The van der Waals surface area contributed by atoms with E-state index in [-0.39, 0.29) is 48.1 Å². The number of nitrogens with one attached hydrogen (secondary N) is 3. The number of hydrogen-bond acceptors (Lipinski definition) is 11. The number of ether oxygens (including phenoxy) is 2. The predicted molar refractivity (Wildman–Crippen MR) is 238 cm³/mol. The second-order valence-corrected chi connectivity index (χ2v) is 19.0. The van der Waals surface area contributed by atoms with Crippen LogP contribution < -0.4 is 31.2 Å². The number of aromatic nitrogens is 1. The number of rotatable bonds is 12. The van der Waals surface area contributed by atoms with Crippen molar-refractivity contribution in [2.24, 2.45) is 34.8 Å². The number of primary amides is 1. The van der Waals surface area contributed by atoms with Crippen LogP contribution in [0.4, 0.5) is 10.1 Å². The molecule has 1 unspecified atom stereocenters. The van der Waals surface area contributed by atoms with Crippen LogP contribution in [-0.2, 0) is 14.4 Å². The first-order valence-electron chi connectivity index (χ1n) is 23.1. The number of hydrogen-bond donors (Lipinski definition) is 4. The van der Waals surface area contributed by atoms with Crippen LogP contribution in [0.3, 0.4) is 0 Å². The maximum atomic E-state index is 14.5. The van der Waals surface area contributed by atoms with Crippen LogP contribution >= 0.6 is 0 Å². The first kappa shape index (κ1) is 44.1. The molecule has 4 atom stereocenters. The van der Waals surface area contributed by atoms with Gasteiger partial charge in [0.05, 0.1) is 35.4 Å². The van der Waals surface area contributed by atoms with Gasteiger partial charge in [-0.15, -0.1) is 0 Å². The van der Waals surface area contributed by atoms with Crippen molar-refractivity contribution in [3.63, 3.8) is 0 Å². The number of nitrogens with zero attached hydrogens (tertiary/aromatic N) is 3. The summed E-state index contributed by atoms with van der Waals surface area (Å²) in [6.45, 7) is 5.83. The highest BCUT2D eigenvalue weighted by molar-refractivity contribution is 6.25. The highest BCUT2D eigenvalue weighted by atomic mass is 19.1. The largest absolute Gasteiger partial charge is 0.496 e. The molecule has 15 nitrogen and oxygen atoms in total. The number of halogens is 1. The number of methoxy groups -OCH3 is 1. The van der Waals surface area contributed by atoms with Crippen LogP contribution in [-0.4, -0.2) is 108 Å². The minimum atomic E-state index is -1.58. The molecule has 4 aliphatic heterocycles. The van der Waals surface area contributed by atoms with E-state index in [4.69, 9.17) is 15.2 Å². The minimum Gasteiger partial charge on any atom is -0.496 e. The Morgan fingerprint density at radius 1 is 1.00 bits per heavy atom. The van der Waals surface area contributed by atoms with Gasteiger partial charge in [-0.05, 0) is 119 Å². The van der Waals surface area contributed by atoms with Crippen molar-refractivity contribution in [1.29, 1.82) is 0 Å². The summed E-state index contributed by atoms with van der Waals surface area (Å²) in [5.41, 5.74) is 8.11. The van der Waals surface area contributed by atoms with Crippen LogP contribution in [0.1, 0.15) is 114 Å². The number of pyridine rings is 1. The smallest absolute Gasteiger partial charge is 0.264 e. The third kappa shape index (κ3) is 8.62. The number of alkyl halides is 1. The average Bonchev–Trinajstić information content (AvgIpc) is 3.72. The maximum absolute atomic E-state index is 14.5. The van der Waals surface area contributed by atoms with Gasteiger partial charge in [-0.3, -0.25) is 39.0 Å². The van der Waals surface area contributed by atoms with Crippen molar-refractivity contribution in [1.82, 2.24) is 25.4 Å². The summed E-state index contributed by atoms with van der Waals surface area (Å²) in [5, 5.41) is 9.61. The number of nitrogens with two attached hydrogens (primary N) is 1. The maximum Gasteiger partial charge on any atom is 0.264 e. The Morgan fingerprint density at radius 2 is 1.77 bits per heavy atom. The third-order valence-corrected chi connectivity index (χ3v) is 15.0. The molecule has 5 fully saturated rings. The topological polar surface area (TPSA) is 202 Å². The molecule has 65 heavy (non-hydrogen) atoms. The fourth-order valence-corrected chi connectivity index (χ4v) is 11.3. The molecule has 1 spiro atoms. The van der Waals surface area contributed by atoms with Gasteiger partial charge in [0.25, 0.3) is 23.6 Å². The second kappa shape index (κ2) is 18.1. The molecule has 0 radical (unpaired) electrons. The Balaban J connectivity index is 0.752. The lowest BCUT2D eigenvalue weighted by Crippen LogP contribution is -2.54. The number of imide groups is 2. The molecule has 342 valence electrons. The summed E-state index contributed by atoms with van der Waals surface area (Å²) in [6, 6.07) is 7.01. The van der Waals surface area contributed by atoms with E-state index in [0.717, 1.165) is 63.1 Å². The Morgan fingerprint density at radius 3 is 2.48 bits per heavy atom. The van der Waals surface area contributed by atoms with Crippen LogP contribution in [0.25, 0.3) is 10.8 Å². The van der Waals surface area contributed by atoms with E-state index in [9.17, 15) is 33.2 Å². The number of fused-ring (bicyclic) bond motifs is 2. The van der Waals surface area contributed by atoms with Crippen molar-refractivity contribution in [3.8, 4) is 23.5 Å². The SMILES string of the molecule is CC[C@@H]1[C@H](F)C(=O)N[C@@H]1COc1ncc(C#CC2CCC(CN3CCC4(CC3)CC(CNc3cccc5c3C(=O)N(C3CCC(=O)NC3=O)C5=O)C4)CC2)c2cc(C(N)=O)c(OC)cc12. The van der Waals surface area contributed by atoms with E-state index in [0.29, 0.717) is 57.8 Å². The number of carbonyl (C=O) groups excluding carboxylic acids is 6. The zero-order chi connectivity index (χ0) is 45.6. The fourth-order valence-electron chi connectivity index (χ4n) is 11.3. The Hall–Kier alpha value is -6.08. The molecule has 2 aromatic carbocycles. The van der Waals surface area contributed by atoms with Crippen molar-refractivity contribution in [3.05, 3.63) is 58.8 Å². The summed E-state index contributed by atoms with van der Waals surface area (Å²) in [6.07, 6.45) is 9.51. The molecule has 0 bridgehead atoms. The van der Waals surface area contributed by atoms with Gasteiger partial charge in [0.15, 0.2) is 6.17 Å². The standard InChI is InChI=1S/C49H56FN7O8/c1-3-31-37(54-45(61)42(31)50)26-65-46-34-20-39(64-2)35(43(51)59)19-33(34)30(24-53-46)12-11-27-7-9-28(10-8-27)25-56-17-15-49(16-18-56)21-29(22-49)23-52-36-6-4-5-32-41(36)48(63)57(47(32)62)38-13-14-40(58)55-44(38)60/h4-6,19-20,24,27-29,31,37-38,42,52H,3,7-10,13-18,21-23,25-26H2,1-2H3,(H2,51,59)(H,54,61)(H,55,58,60)/t27?,28?,31-,37+,38?,42-/m0/s1. The molecule has 5 N–H and O–H groups in total. The minimum absolute atomic E-state index is 0.0304. The van der Waals surface area contributed by atoms with Crippen LogP contribution in [0.2, 0.25) is 0 Å². The lowest BCUT2D eigenvalue weighted by Gasteiger charge is -2.53. The number of anilines is 1. The van der Waals surface area contributed by atoms with E-state index >= 15 is 0 Å². The molecular weight excluding hydrogens is 834 g/mol. The molecule has 1 aromatic heterocycles. The van der Waals surface area contributed by atoms with Gasteiger partial charge in [0.1, 0.15) is 18.4 Å². The van der Waals surface area contributed by atoms with E-state index in [1.807, 2.05) is 13.0 Å². The van der Waals surface area contributed by atoms with Gasteiger partial charge in [-0.25, -0.2) is 9.37 Å². The fraction of sp³-hybridized carbons (Fsp3) is 0.531. The quantitative estimate of drug-likeness (QED) is 0.145. The third-order valence-electron chi connectivity index (χ3n) is 15.0. The number of carbonyl (C=O) groups is 6. The second-order valence-electron chi connectivity index (χ2n) is 19.0. The lowest BCUT2D eigenvalue weighted by atomic mass is 9.57. The van der Waals surface area contributed by atoms with E-state index < -0.39 is 59.6 Å². The molecule has 5 heterocycles. The molecule has 2 aliphatic carbocycles. The highest BCUT2D eigenvalue weighted by Crippen LogP contribution is 2.53. The summed E-state index contributed by atoms with van der Waals surface area (Å²) in [5.74, 6) is 4.89. The molecule has 3 aromatic rings. The summed E-state index contributed by atoms with van der Waals surface area (Å²) in [7, 11) is 1.45. The monoisotopic (exact) mass is 889 g/mol. The number of likely N-dealkylation sites (tertiary alicyclic amines) is 1. The number of piperidine rings is 2. The molecule has 9 rings (SSSR count). The Kier molecular flexibility index (Phi) is 12.3. The normalized spacial score (nSPS) is 26.6. The lowest BCUT2D eigenvalue weighted by molar-refractivity contribution is -0.136. The van der Waals surface area contributed by atoms with Gasteiger partial charge in [-0.2, -0.15) is 0 Å². The molecule has 6 aliphatic rings. The molecule has 16 heteroatoms. The zero-order valence-electron chi connectivity index (χ0n) is 36.9.